The molecule has 5 heteroatoms. The van der Waals surface area contributed by atoms with E-state index in [0.29, 0.717) is 5.75 Å². The summed E-state index contributed by atoms with van der Waals surface area (Å²) in [5.74, 6) is 3.74. The monoisotopic (exact) mass is 308 g/mol. The molecule has 0 unspecified atom stereocenters. The summed E-state index contributed by atoms with van der Waals surface area (Å²) < 4.78 is 40.0. The topological polar surface area (TPSA) is 20.2 Å². The molecule has 1 N–H and O–H groups in total. The molecule has 0 aliphatic rings. The summed E-state index contributed by atoms with van der Waals surface area (Å²) in [5, 5.41) is 8.62. The Bertz CT molecular complexity index is 704. The standard InChI is InChI=1S/C16H11F3OS/c17-13-4-6-15(19)16(9-13)21-10-11-3-5-14(18)12(8-11)2-1-7-20/h3-6,8-9,20H,7,10H2. The van der Waals surface area contributed by atoms with E-state index >= 15 is 0 Å². The molecule has 0 saturated heterocycles. The summed E-state index contributed by atoms with van der Waals surface area (Å²) in [6.45, 7) is -0.354. The van der Waals surface area contributed by atoms with Gasteiger partial charge in [0, 0.05) is 10.6 Å². The van der Waals surface area contributed by atoms with Gasteiger partial charge in [0.05, 0.1) is 5.56 Å². The van der Waals surface area contributed by atoms with Crippen LogP contribution in [0.3, 0.4) is 0 Å². The van der Waals surface area contributed by atoms with E-state index in [1.165, 1.54) is 12.1 Å². The van der Waals surface area contributed by atoms with Crippen LogP contribution >= 0.6 is 11.8 Å². The highest BCUT2D eigenvalue weighted by molar-refractivity contribution is 7.98. The van der Waals surface area contributed by atoms with Crippen LogP contribution in [-0.2, 0) is 5.75 Å². The van der Waals surface area contributed by atoms with Crippen molar-refractivity contribution >= 4 is 11.8 Å². The first-order chi connectivity index (χ1) is 10.1. The molecule has 1 nitrogen and oxygen atoms in total. The van der Waals surface area contributed by atoms with Crippen molar-refractivity contribution < 1.29 is 18.3 Å². The molecule has 0 aromatic heterocycles. The third kappa shape index (κ3) is 4.28. The van der Waals surface area contributed by atoms with Crippen molar-refractivity contribution in [2.45, 2.75) is 10.6 Å². The molecule has 108 valence electrons. The molecule has 0 heterocycles. The van der Waals surface area contributed by atoms with Crippen molar-refractivity contribution in [3.05, 3.63) is 65.0 Å². The number of aliphatic hydroxyl groups excluding tert-OH is 1. The van der Waals surface area contributed by atoms with Gasteiger partial charge in [-0.15, -0.1) is 11.8 Å². The van der Waals surface area contributed by atoms with Crippen LogP contribution in [0.1, 0.15) is 11.1 Å². The highest BCUT2D eigenvalue weighted by Crippen LogP contribution is 2.26. The summed E-state index contributed by atoms with van der Waals surface area (Å²) >= 11 is 1.12. The Balaban J connectivity index is 2.15. The fraction of sp³-hybridized carbons (Fsp3) is 0.125. The maximum Gasteiger partial charge on any atom is 0.138 e. The zero-order valence-electron chi connectivity index (χ0n) is 10.9. The van der Waals surface area contributed by atoms with E-state index in [0.717, 1.165) is 35.5 Å². The summed E-state index contributed by atoms with van der Waals surface area (Å²) in [6, 6.07) is 7.60. The predicted molar refractivity (Wildman–Crippen MR) is 76.3 cm³/mol. The van der Waals surface area contributed by atoms with Gasteiger partial charge in [0.15, 0.2) is 0 Å². The van der Waals surface area contributed by atoms with Crippen molar-refractivity contribution in [3.8, 4) is 11.8 Å². The zero-order valence-corrected chi connectivity index (χ0v) is 11.7. The van der Waals surface area contributed by atoms with Crippen LogP contribution in [-0.4, -0.2) is 11.7 Å². The Morgan fingerprint density at radius 3 is 2.52 bits per heavy atom. The van der Waals surface area contributed by atoms with Crippen LogP contribution in [0.15, 0.2) is 41.3 Å². The Kier molecular flexibility index (Phi) is 5.32. The number of hydrogen-bond acceptors (Lipinski definition) is 2. The molecule has 2 rings (SSSR count). The first-order valence-corrected chi connectivity index (χ1v) is 7.04. The molecular weight excluding hydrogens is 297 g/mol. The van der Waals surface area contributed by atoms with Crippen LogP contribution in [0.2, 0.25) is 0 Å². The fourth-order valence-electron chi connectivity index (χ4n) is 1.64. The first kappa shape index (κ1) is 15.5. The lowest BCUT2D eigenvalue weighted by atomic mass is 10.1. The maximum absolute atomic E-state index is 13.5. The van der Waals surface area contributed by atoms with E-state index < -0.39 is 17.5 Å². The van der Waals surface area contributed by atoms with Gasteiger partial charge in [-0.05, 0) is 35.9 Å². The van der Waals surface area contributed by atoms with Gasteiger partial charge < -0.3 is 5.11 Å². The number of thioether (sulfide) groups is 1. The highest BCUT2D eigenvalue weighted by Gasteiger charge is 2.06. The molecule has 0 aliphatic heterocycles. The average Bonchev–Trinajstić information content (AvgIpc) is 2.48. The van der Waals surface area contributed by atoms with E-state index in [9.17, 15) is 13.2 Å². The van der Waals surface area contributed by atoms with E-state index in [2.05, 4.69) is 11.8 Å². The Hall–Kier alpha value is -1.90. The molecule has 0 saturated carbocycles. The van der Waals surface area contributed by atoms with Gasteiger partial charge in [0.2, 0.25) is 0 Å². The minimum Gasteiger partial charge on any atom is -0.384 e. The Morgan fingerprint density at radius 1 is 1.00 bits per heavy atom. The van der Waals surface area contributed by atoms with Gasteiger partial charge >= 0.3 is 0 Å². The van der Waals surface area contributed by atoms with E-state index in [4.69, 9.17) is 5.11 Å². The Morgan fingerprint density at radius 2 is 1.76 bits per heavy atom. The van der Waals surface area contributed by atoms with Crippen LogP contribution in [0.5, 0.6) is 0 Å². The number of rotatable bonds is 3. The molecule has 2 aromatic carbocycles. The van der Waals surface area contributed by atoms with Crippen molar-refractivity contribution in [3.63, 3.8) is 0 Å². The quantitative estimate of drug-likeness (QED) is 0.688. The molecule has 0 aliphatic carbocycles. The first-order valence-electron chi connectivity index (χ1n) is 6.06. The van der Waals surface area contributed by atoms with Crippen molar-refractivity contribution in [1.82, 2.24) is 0 Å². The summed E-state index contributed by atoms with van der Waals surface area (Å²) in [5.41, 5.74) is 0.897. The van der Waals surface area contributed by atoms with Gasteiger partial charge in [-0.1, -0.05) is 17.9 Å². The van der Waals surface area contributed by atoms with Crippen molar-refractivity contribution in [1.29, 1.82) is 0 Å². The normalized spacial score (nSPS) is 10.1. The van der Waals surface area contributed by atoms with E-state index in [-0.39, 0.29) is 17.1 Å². The third-order valence-electron chi connectivity index (χ3n) is 2.62. The SMILES string of the molecule is OCC#Cc1cc(CSc2cc(F)ccc2F)ccc1F. The minimum absolute atomic E-state index is 0.168. The molecule has 21 heavy (non-hydrogen) atoms. The molecule has 0 bridgehead atoms. The smallest absolute Gasteiger partial charge is 0.138 e. The van der Waals surface area contributed by atoms with Gasteiger partial charge in [0.1, 0.15) is 24.1 Å². The number of hydrogen-bond donors (Lipinski definition) is 1. The fourth-order valence-corrected chi connectivity index (χ4v) is 2.55. The van der Waals surface area contributed by atoms with Crippen molar-refractivity contribution in [2.75, 3.05) is 6.61 Å². The van der Waals surface area contributed by atoms with E-state index in [1.807, 2.05) is 0 Å². The second kappa shape index (κ2) is 7.21. The van der Waals surface area contributed by atoms with E-state index in [1.54, 1.807) is 6.07 Å². The van der Waals surface area contributed by atoms with Crippen LogP contribution in [0.25, 0.3) is 0 Å². The zero-order chi connectivity index (χ0) is 15.2. The van der Waals surface area contributed by atoms with Gasteiger partial charge in [0.25, 0.3) is 0 Å². The van der Waals surface area contributed by atoms with Gasteiger partial charge in [-0.2, -0.15) is 0 Å². The summed E-state index contributed by atoms with van der Waals surface area (Å²) in [6.07, 6.45) is 0. The van der Waals surface area contributed by atoms with Crippen LogP contribution in [0.4, 0.5) is 13.2 Å². The lowest BCUT2D eigenvalue weighted by Crippen LogP contribution is -1.90. The molecule has 2 aromatic rings. The largest absolute Gasteiger partial charge is 0.384 e. The molecule has 0 radical (unpaired) electrons. The molecule has 0 amide bonds. The second-order valence-electron chi connectivity index (χ2n) is 4.14. The van der Waals surface area contributed by atoms with Gasteiger partial charge in [-0.25, -0.2) is 13.2 Å². The van der Waals surface area contributed by atoms with Crippen molar-refractivity contribution in [2.24, 2.45) is 0 Å². The predicted octanol–water partition coefficient (Wildman–Crippen LogP) is 3.74. The second-order valence-corrected chi connectivity index (χ2v) is 5.15. The molecule has 0 atom stereocenters. The number of aliphatic hydroxyl groups is 1. The van der Waals surface area contributed by atoms with Crippen LogP contribution < -0.4 is 0 Å². The van der Waals surface area contributed by atoms with Gasteiger partial charge in [-0.3, -0.25) is 0 Å². The highest BCUT2D eigenvalue weighted by atomic mass is 32.2. The minimum atomic E-state index is -0.507. The number of benzene rings is 2. The molecule has 0 spiro atoms. The molecular formula is C16H11F3OS. The maximum atomic E-state index is 13.5. The number of halogens is 3. The third-order valence-corrected chi connectivity index (χ3v) is 3.72. The lowest BCUT2D eigenvalue weighted by Gasteiger charge is -2.05. The lowest BCUT2D eigenvalue weighted by molar-refractivity contribution is 0.350. The molecule has 0 fully saturated rings. The summed E-state index contributed by atoms with van der Waals surface area (Å²) in [7, 11) is 0. The van der Waals surface area contributed by atoms with Crippen LogP contribution in [0, 0.1) is 29.3 Å². The summed E-state index contributed by atoms with van der Waals surface area (Å²) in [4.78, 5) is 0.197. The Labute approximate surface area is 124 Å². The average molecular weight is 308 g/mol.